The minimum absolute atomic E-state index is 0.166. The van der Waals surface area contributed by atoms with Gasteiger partial charge in [0.2, 0.25) is 0 Å². The smallest absolute Gasteiger partial charge is 0.379 e. The number of ether oxygens (including phenoxy) is 1. The number of esters is 1. The molecule has 0 aliphatic carbocycles. The Kier molecular flexibility index (Phi) is 4.24. The Balaban J connectivity index is 3.09. The lowest BCUT2D eigenvalue weighted by Gasteiger charge is -2.22. The fraction of sp³-hybridized carbons (Fsp3) is 0.417. The van der Waals surface area contributed by atoms with E-state index < -0.39 is 17.9 Å². The Morgan fingerprint density at radius 2 is 2.17 bits per heavy atom. The third kappa shape index (κ3) is 2.59. The summed E-state index contributed by atoms with van der Waals surface area (Å²) in [4.78, 5) is 11.1. The molecule has 0 radical (unpaired) electrons. The summed E-state index contributed by atoms with van der Waals surface area (Å²) in [7, 11) is 0. The molecule has 6 heteroatoms. The molecule has 0 amide bonds. The van der Waals surface area contributed by atoms with E-state index in [0.717, 1.165) is 0 Å². The lowest BCUT2D eigenvalue weighted by Crippen LogP contribution is -2.41. The zero-order valence-electron chi connectivity index (χ0n) is 10.1. The molecule has 18 heavy (non-hydrogen) atoms. The van der Waals surface area contributed by atoms with E-state index in [2.05, 4.69) is 4.74 Å². The van der Waals surface area contributed by atoms with Crippen LogP contribution in [0.3, 0.4) is 0 Å². The van der Waals surface area contributed by atoms with Crippen LogP contribution in [0.1, 0.15) is 24.1 Å². The van der Waals surface area contributed by atoms with Crippen LogP contribution in [0.2, 0.25) is 0 Å². The summed E-state index contributed by atoms with van der Waals surface area (Å²) in [5.74, 6) is -5.92. The second-order valence-electron chi connectivity index (χ2n) is 3.83. The molecule has 4 nitrogen and oxygen atoms in total. The van der Waals surface area contributed by atoms with Crippen LogP contribution >= 0.6 is 0 Å². The fourth-order valence-electron chi connectivity index (χ4n) is 1.48. The van der Waals surface area contributed by atoms with E-state index in [4.69, 9.17) is 5.73 Å². The standard InChI is InChI=1S/C12H15F2NO3/c1-3-18-11(17)12(13,14)10(15)8-6-4-5-7(2)9(8)16/h4-6,10,16H,3,15H2,1-2H3/t10-/m0/s1. The number of aromatic hydroxyl groups is 1. The maximum atomic E-state index is 13.7. The molecule has 0 aliphatic heterocycles. The van der Waals surface area contributed by atoms with Gasteiger partial charge >= 0.3 is 11.9 Å². The number of carbonyl (C=O) groups excluding carboxylic acids is 1. The van der Waals surface area contributed by atoms with Gasteiger partial charge in [-0.25, -0.2) is 4.79 Å². The number of alkyl halides is 2. The van der Waals surface area contributed by atoms with Crippen LogP contribution in [0.25, 0.3) is 0 Å². The van der Waals surface area contributed by atoms with Gasteiger partial charge in [-0.1, -0.05) is 18.2 Å². The molecule has 3 N–H and O–H groups in total. The van der Waals surface area contributed by atoms with Crippen molar-refractivity contribution in [2.45, 2.75) is 25.8 Å². The normalized spacial score (nSPS) is 13.2. The van der Waals surface area contributed by atoms with Crippen molar-refractivity contribution in [2.24, 2.45) is 5.73 Å². The highest BCUT2D eigenvalue weighted by atomic mass is 19.3. The number of hydrogen-bond acceptors (Lipinski definition) is 4. The molecule has 0 heterocycles. The summed E-state index contributed by atoms with van der Waals surface area (Å²) < 4.78 is 31.6. The Hall–Kier alpha value is -1.69. The lowest BCUT2D eigenvalue weighted by molar-refractivity contribution is -0.174. The first-order chi connectivity index (χ1) is 8.32. The number of phenols is 1. The van der Waals surface area contributed by atoms with Gasteiger partial charge in [0.25, 0.3) is 0 Å². The second kappa shape index (κ2) is 5.30. The van der Waals surface area contributed by atoms with Crippen molar-refractivity contribution in [3.8, 4) is 5.75 Å². The van der Waals surface area contributed by atoms with Crippen molar-refractivity contribution >= 4 is 5.97 Å². The summed E-state index contributed by atoms with van der Waals surface area (Å²) in [5, 5.41) is 9.68. The van der Waals surface area contributed by atoms with E-state index in [-0.39, 0.29) is 17.9 Å². The van der Waals surface area contributed by atoms with Crippen molar-refractivity contribution in [3.63, 3.8) is 0 Å². The van der Waals surface area contributed by atoms with Crippen molar-refractivity contribution in [3.05, 3.63) is 29.3 Å². The Morgan fingerprint density at radius 3 is 2.72 bits per heavy atom. The molecule has 0 aromatic heterocycles. The van der Waals surface area contributed by atoms with E-state index in [1.54, 1.807) is 13.0 Å². The molecule has 1 aromatic rings. The number of halogens is 2. The molecule has 0 unspecified atom stereocenters. The largest absolute Gasteiger partial charge is 0.507 e. The maximum Gasteiger partial charge on any atom is 0.379 e. The van der Waals surface area contributed by atoms with Crippen LogP contribution < -0.4 is 5.73 Å². The van der Waals surface area contributed by atoms with Crippen LogP contribution in [0.15, 0.2) is 18.2 Å². The first-order valence-corrected chi connectivity index (χ1v) is 5.41. The van der Waals surface area contributed by atoms with Crippen molar-refractivity contribution in [2.75, 3.05) is 6.61 Å². The van der Waals surface area contributed by atoms with Gasteiger partial charge < -0.3 is 15.6 Å². The van der Waals surface area contributed by atoms with Crippen LogP contribution in [0.5, 0.6) is 5.75 Å². The topological polar surface area (TPSA) is 72.5 Å². The van der Waals surface area contributed by atoms with Crippen LogP contribution in [-0.2, 0) is 9.53 Å². The molecule has 0 saturated carbocycles. The molecule has 0 aliphatic rings. The highest BCUT2D eigenvalue weighted by molar-refractivity contribution is 5.79. The van der Waals surface area contributed by atoms with Crippen LogP contribution in [0, 0.1) is 6.92 Å². The molecule has 0 saturated heterocycles. The van der Waals surface area contributed by atoms with Gasteiger partial charge in [-0.15, -0.1) is 0 Å². The van der Waals surface area contributed by atoms with E-state index in [1.165, 1.54) is 19.1 Å². The molecular weight excluding hydrogens is 244 g/mol. The molecular formula is C12H15F2NO3. The first-order valence-electron chi connectivity index (χ1n) is 5.41. The van der Waals surface area contributed by atoms with Gasteiger partial charge in [-0.3, -0.25) is 0 Å². The third-order valence-corrected chi connectivity index (χ3v) is 2.54. The van der Waals surface area contributed by atoms with Crippen molar-refractivity contribution < 1.29 is 23.4 Å². The van der Waals surface area contributed by atoms with Gasteiger partial charge in [0.1, 0.15) is 11.8 Å². The Labute approximate surface area is 103 Å². The first kappa shape index (κ1) is 14.4. The van der Waals surface area contributed by atoms with E-state index in [9.17, 15) is 18.7 Å². The predicted octanol–water partition coefficient (Wildman–Crippen LogP) is 1.90. The number of nitrogens with two attached hydrogens (primary N) is 1. The average molecular weight is 259 g/mol. The Bertz CT molecular complexity index is 449. The van der Waals surface area contributed by atoms with E-state index >= 15 is 0 Å². The molecule has 1 rings (SSSR count). The third-order valence-electron chi connectivity index (χ3n) is 2.54. The van der Waals surface area contributed by atoms with Gasteiger partial charge in [-0.05, 0) is 19.4 Å². The number of benzene rings is 1. The number of para-hydroxylation sites is 1. The lowest BCUT2D eigenvalue weighted by atomic mass is 9.98. The summed E-state index contributed by atoms with van der Waals surface area (Å²) in [6, 6.07) is 2.33. The summed E-state index contributed by atoms with van der Waals surface area (Å²) in [5.41, 5.74) is 5.58. The highest BCUT2D eigenvalue weighted by Gasteiger charge is 2.48. The molecule has 0 bridgehead atoms. The van der Waals surface area contributed by atoms with E-state index in [1.807, 2.05) is 0 Å². The van der Waals surface area contributed by atoms with E-state index in [0.29, 0.717) is 5.56 Å². The number of carbonyl (C=O) groups is 1. The van der Waals surface area contributed by atoms with Gasteiger partial charge in [0.15, 0.2) is 0 Å². The predicted molar refractivity (Wildman–Crippen MR) is 61.4 cm³/mol. The monoisotopic (exact) mass is 259 g/mol. The minimum Gasteiger partial charge on any atom is -0.507 e. The van der Waals surface area contributed by atoms with Crippen LogP contribution in [-0.4, -0.2) is 23.6 Å². The molecule has 1 aromatic carbocycles. The number of aryl methyl sites for hydroxylation is 1. The number of rotatable bonds is 4. The molecule has 0 spiro atoms. The summed E-state index contributed by atoms with van der Waals surface area (Å²) in [6.45, 7) is 2.80. The minimum atomic E-state index is -3.89. The zero-order chi connectivity index (χ0) is 13.9. The molecule has 1 atom stereocenters. The quantitative estimate of drug-likeness (QED) is 0.810. The van der Waals surface area contributed by atoms with Crippen LogP contribution in [0.4, 0.5) is 8.78 Å². The molecule has 0 fully saturated rings. The highest BCUT2D eigenvalue weighted by Crippen LogP contribution is 2.36. The second-order valence-corrected chi connectivity index (χ2v) is 3.83. The van der Waals surface area contributed by atoms with Crippen molar-refractivity contribution in [1.82, 2.24) is 0 Å². The van der Waals surface area contributed by atoms with Gasteiger partial charge in [-0.2, -0.15) is 8.78 Å². The maximum absolute atomic E-state index is 13.7. The average Bonchev–Trinajstić information content (AvgIpc) is 2.32. The SMILES string of the molecule is CCOC(=O)C(F)(F)[C@@H](N)c1cccc(C)c1O. The van der Waals surface area contributed by atoms with Gasteiger partial charge in [0, 0.05) is 5.56 Å². The molecule has 100 valence electrons. The Morgan fingerprint density at radius 1 is 1.56 bits per heavy atom. The summed E-state index contributed by atoms with van der Waals surface area (Å²) >= 11 is 0. The van der Waals surface area contributed by atoms with Crippen molar-refractivity contribution in [1.29, 1.82) is 0 Å². The van der Waals surface area contributed by atoms with Gasteiger partial charge in [0.05, 0.1) is 6.61 Å². The summed E-state index contributed by atoms with van der Waals surface area (Å²) in [6.07, 6.45) is 0. The fourth-order valence-corrected chi connectivity index (χ4v) is 1.48. The number of phenolic OH excluding ortho intramolecular Hbond substituents is 1. The number of hydrogen-bond donors (Lipinski definition) is 2. The zero-order valence-corrected chi connectivity index (χ0v) is 10.1.